The Hall–Kier alpha value is -5.89. The van der Waals surface area contributed by atoms with Crippen molar-refractivity contribution in [3.8, 4) is 0 Å². The molecule has 1 saturated heterocycles. The third-order valence-corrected chi connectivity index (χ3v) is 12.1. The molecule has 4 aliphatic rings. The lowest BCUT2D eigenvalue weighted by molar-refractivity contribution is -0.386. The number of esters is 8. The topological polar surface area (TPSA) is 266 Å². The van der Waals surface area contributed by atoms with Crippen molar-refractivity contribution in [2.24, 2.45) is 17.3 Å². The zero-order valence-corrected chi connectivity index (χ0v) is 34.8. The fraction of sp³-hybridized carbons (Fsp3) is 0.585. The molecule has 330 valence electrons. The van der Waals surface area contributed by atoms with E-state index >= 15 is 0 Å². The normalized spacial score (nSPS) is 36.5. The van der Waals surface area contributed by atoms with Crippen LogP contribution in [0.25, 0.3) is 0 Å². The van der Waals surface area contributed by atoms with Gasteiger partial charge >= 0.3 is 47.8 Å². The van der Waals surface area contributed by atoms with Crippen LogP contribution in [0, 0.1) is 17.3 Å². The summed E-state index contributed by atoms with van der Waals surface area (Å²) in [6, 6.07) is 5.50. The second-order valence-corrected chi connectivity index (χ2v) is 16.1. The van der Waals surface area contributed by atoms with E-state index in [1.54, 1.807) is 6.92 Å². The summed E-state index contributed by atoms with van der Waals surface area (Å²) in [7, 11) is 0. The molecule has 13 atom stereocenters. The van der Waals surface area contributed by atoms with Gasteiger partial charge in [0, 0.05) is 46.7 Å². The zero-order chi connectivity index (χ0) is 45.0. The summed E-state index contributed by atoms with van der Waals surface area (Å²) in [6.45, 7) is 8.44. The van der Waals surface area contributed by atoms with Crippen molar-refractivity contribution in [1.29, 1.82) is 0 Å². The van der Waals surface area contributed by atoms with Crippen molar-refractivity contribution in [2.75, 3.05) is 13.2 Å². The second-order valence-electron chi connectivity index (χ2n) is 16.1. The zero-order valence-electron chi connectivity index (χ0n) is 34.8. The highest BCUT2D eigenvalue weighted by molar-refractivity contribution is 5.91. The maximum absolute atomic E-state index is 14.5. The van der Waals surface area contributed by atoms with Crippen LogP contribution in [0.3, 0.4) is 0 Å². The molecular weight excluding hydrogens is 810 g/mol. The van der Waals surface area contributed by atoms with Gasteiger partial charge in [0.2, 0.25) is 5.76 Å². The molecule has 20 nitrogen and oxygen atoms in total. The Balaban J connectivity index is 1.79. The highest BCUT2D eigenvalue weighted by atomic mass is 16.7. The van der Waals surface area contributed by atoms with Crippen LogP contribution < -0.4 is 0 Å². The average molecular weight is 858 g/mol. The molecule has 1 N–H and O–H groups in total. The van der Waals surface area contributed by atoms with E-state index in [0.717, 1.165) is 47.8 Å². The molecule has 2 saturated carbocycles. The van der Waals surface area contributed by atoms with Gasteiger partial charge in [-0.05, 0) is 38.1 Å². The van der Waals surface area contributed by atoms with E-state index in [1.165, 1.54) is 44.3 Å². The lowest BCUT2D eigenvalue weighted by Crippen LogP contribution is -2.89. The molecule has 0 radical (unpaired) electrons. The average Bonchev–Trinajstić information content (AvgIpc) is 3.79. The molecule has 2 aliphatic carbocycles. The van der Waals surface area contributed by atoms with Gasteiger partial charge in [-0.3, -0.25) is 33.8 Å². The highest BCUT2D eigenvalue weighted by Gasteiger charge is 2.92. The summed E-state index contributed by atoms with van der Waals surface area (Å²) in [4.78, 5) is 113. The number of aliphatic hydroxyl groups is 1. The number of carbonyl (C=O) groups excluding carboxylic acids is 8. The van der Waals surface area contributed by atoms with Crippen molar-refractivity contribution < 1.29 is 90.5 Å². The molecule has 0 aromatic carbocycles. The number of cyclic esters (lactones) is 1. The van der Waals surface area contributed by atoms with Gasteiger partial charge in [0.25, 0.3) is 0 Å². The number of furan rings is 1. The number of hydrogen-bond donors (Lipinski definition) is 1. The summed E-state index contributed by atoms with van der Waals surface area (Å²) < 4.78 is 60.2. The minimum Gasteiger partial charge on any atom is -0.459 e. The molecule has 20 heteroatoms. The Morgan fingerprint density at radius 3 is 1.93 bits per heavy atom. The van der Waals surface area contributed by atoms with Gasteiger partial charge in [-0.1, -0.05) is 13.8 Å². The fourth-order valence-electron chi connectivity index (χ4n) is 9.68. The lowest BCUT2D eigenvalue weighted by atomic mass is 9.45. The molecule has 4 heterocycles. The van der Waals surface area contributed by atoms with E-state index in [9.17, 15) is 43.5 Å². The van der Waals surface area contributed by atoms with E-state index in [1.807, 2.05) is 0 Å². The van der Waals surface area contributed by atoms with Gasteiger partial charge < -0.3 is 52.2 Å². The van der Waals surface area contributed by atoms with Crippen LogP contribution in [0.4, 0.5) is 0 Å². The number of nitrogens with zero attached hydrogens (tertiary/aromatic N) is 1. The van der Waals surface area contributed by atoms with Gasteiger partial charge in [-0.15, -0.1) is 0 Å². The molecule has 2 aromatic rings. The Kier molecular flexibility index (Phi) is 11.8. The van der Waals surface area contributed by atoms with E-state index in [4.69, 9.17) is 47.0 Å². The molecule has 2 aromatic heterocycles. The quantitative estimate of drug-likeness (QED) is 0.293. The van der Waals surface area contributed by atoms with Crippen LogP contribution in [0.15, 0.2) is 41.1 Å². The van der Waals surface area contributed by atoms with Crippen LogP contribution >= 0.6 is 0 Å². The van der Waals surface area contributed by atoms with Crippen molar-refractivity contribution in [3.63, 3.8) is 0 Å². The van der Waals surface area contributed by atoms with Crippen molar-refractivity contribution >= 4 is 47.8 Å². The number of hydrogen-bond acceptors (Lipinski definition) is 20. The second kappa shape index (κ2) is 16.2. The van der Waals surface area contributed by atoms with Crippen molar-refractivity contribution in [3.05, 3.63) is 53.7 Å². The summed E-state index contributed by atoms with van der Waals surface area (Å²) in [5.74, 6) is -12.5. The van der Waals surface area contributed by atoms with Crippen molar-refractivity contribution in [1.82, 2.24) is 4.98 Å². The van der Waals surface area contributed by atoms with Gasteiger partial charge in [0.05, 0.1) is 29.4 Å². The lowest BCUT2D eigenvalue weighted by Gasteiger charge is -2.67. The van der Waals surface area contributed by atoms with Gasteiger partial charge in [0.15, 0.2) is 30.0 Å². The van der Waals surface area contributed by atoms with Crippen LogP contribution in [0.2, 0.25) is 0 Å². The predicted molar refractivity (Wildman–Crippen MR) is 198 cm³/mol. The molecule has 3 fully saturated rings. The monoisotopic (exact) mass is 857 g/mol. The number of fused-ring (bicyclic) bond motifs is 5. The fourth-order valence-corrected chi connectivity index (χ4v) is 9.68. The number of carbonyl (C=O) groups is 8. The molecule has 0 unspecified atom stereocenters. The predicted octanol–water partition coefficient (Wildman–Crippen LogP) is 1.92. The third-order valence-electron chi connectivity index (χ3n) is 12.1. The molecule has 0 amide bonds. The number of pyridine rings is 1. The van der Waals surface area contributed by atoms with E-state index in [0.29, 0.717) is 0 Å². The maximum Gasteiger partial charge on any atom is 0.374 e. The van der Waals surface area contributed by atoms with Crippen LogP contribution in [-0.4, -0.2) is 124 Å². The standard InChI is InChI=1S/C41H47NO19/c1-18-19(2)35(48)60-32-30(56-21(4)44)34(59-24(7)47)40(17-54-37(50)26-13-11-15-52-26)33(58-23(6)46)29(55-20(3)43)27-31(57-22(5)45)41(40,39(32,9)51)61-38(27,8)16-53-36(49)25-12-10-14-42-28(18)25/h10-15,18-19,27,29-34,51H,16-17H2,1-9H3/t18-,19+,27-,29-,30-,31-,32+,33+,34+,38-,39-,40+,41+/m1/s1. The molecule has 4 bridgehead atoms. The number of ether oxygens (including phenoxy) is 9. The maximum atomic E-state index is 14.5. The van der Waals surface area contributed by atoms with Crippen molar-refractivity contribution in [2.45, 2.75) is 122 Å². The molecule has 61 heavy (non-hydrogen) atoms. The Morgan fingerprint density at radius 2 is 1.36 bits per heavy atom. The number of rotatable bonds is 8. The molecule has 2 aliphatic heterocycles. The first kappa shape index (κ1) is 44.7. The molecular formula is C41H47NO19. The van der Waals surface area contributed by atoms with Crippen LogP contribution in [0.1, 0.15) is 94.8 Å². The highest BCUT2D eigenvalue weighted by Crippen LogP contribution is 2.70. The smallest absolute Gasteiger partial charge is 0.374 e. The Labute approximate surface area is 348 Å². The molecule has 1 spiro atoms. The first-order valence-electron chi connectivity index (χ1n) is 19.4. The minimum absolute atomic E-state index is 0.0561. The van der Waals surface area contributed by atoms with E-state index < -0.39 is 138 Å². The summed E-state index contributed by atoms with van der Waals surface area (Å²) in [5, 5.41) is 13.6. The SMILES string of the molecule is CC(=O)O[C@@H]1[C@@H]2[C@@H](OC(C)=O)[C@@]34O[C@]2(C)COC(=O)c2cccnc2[C@H](C)[C@H](C)C(=O)O[C@@H]([C@@H](OC(C)=O)[C@H](OC(C)=O)[C@]3(COC(=O)c2ccco2)[C@H]1OC(C)=O)[C@@]4(C)O. The summed E-state index contributed by atoms with van der Waals surface area (Å²) in [5.41, 5.74) is -10.4. The Bertz CT molecular complexity index is 2120. The first-order valence-corrected chi connectivity index (χ1v) is 19.4. The third kappa shape index (κ3) is 7.28. The van der Waals surface area contributed by atoms with Gasteiger partial charge in [-0.2, -0.15) is 0 Å². The summed E-state index contributed by atoms with van der Waals surface area (Å²) in [6.07, 6.45) is -9.72. The van der Waals surface area contributed by atoms with E-state index in [-0.39, 0.29) is 17.0 Å². The minimum atomic E-state index is -2.88. The largest absolute Gasteiger partial charge is 0.459 e. The van der Waals surface area contributed by atoms with Crippen LogP contribution in [0.5, 0.6) is 0 Å². The van der Waals surface area contributed by atoms with E-state index in [2.05, 4.69) is 4.98 Å². The van der Waals surface area contributed by atoms with Crippen LogP contribution in [-0.2, 0) is 71.4 Å². The van der Waals surface area contributed by atoms with Gasteiger partial charge in [-0.25, -0.2) is 9.59 Å². The van der Waals surface area contributed by atoms with Gasteiger partial charge in [0.1, 0.15) is 42.0 Å². The Morgan fingerprint density at radius 1 is 0.787 bits per heavy atom. The first-order chi connectivity index (χ1) is 28.5. The molecule has 6 rings (SSSR count). The summed E-state index contributed by atoms with van der Waals surface area (Å²) >= 11 is 0. The number of aromatic nitrogens is 1.